The molecular formula is C21H25NO3S. The van der Waals surface area contributed by atoms with Gasteiger partial charge in [0.15, 0.2) is 0 Å². The van der Waals surface area contributed by atoms with E-state index in [1.54, 1.807) is 11.8 Å². The molecule has 0 amide bonds. The number of carbonyl (C=O) groups is 1. The Labute approximate surface area is 159 Å². The van der Waals surface area contributed by atoms with Gasteiger partial charge >= 0.3 is 5.97 Å². The molecule has 1 heterocycles. The second-order valence-electron chi connectivity index (χ2n) is 7.11. The van der Waals surface area contributed by atoms with Crippen LogP contribution in [0.1, 0.15) is 48.4 Å². The van der Waals surface area contributed by atoms with E-state index in [0.717, 1.165) is 39.5 Å². The first-order chi connectivity index (χ1) is 12.4. The fraction of sp³-hybridized carbons (Fsp3) is 0.429. The first kappa shape index (κ1) is 18.8. The molecule has 0 saturated heterocycles. The molecule has 0 radical (unpaired) electrons. The van der Waals surface area contributed by atoms with Crippen molar-refractivity contribution in [3.05, 3.63) is 52.7 Å². The zero-order chi connectivity index (χ0) is 18.8. The molecule has 0 aliphatic heterocycles. The lowest BCUT2D eigenvalue weighted by atomic mass is 9.98. The van der Waals surface area contributed by atoms with Crippen LogP contribution < -0.4 is 4.74 Å². The maximum Gasteiger partial charge on any atom is 0.307 e. The van der Waals surface area contributed by atoms with Crippen molar-refractivity contribution in [3.8, 4) is 5.75 Å². The van der Waals surface area contributed by atoms with Crippen LogP contribution in [-0.4, -0.2) is 21.3 Å². The van der Waals surface area contributed by atoms with E-state index in [4.69, 9.17) is 9.84 Å². The van der Waals surface area contributed by atoms with Gasteiger partial charge in [0.05, 0.1) is 5.92 Å². The highest BCUT2D eigenvalue weighted by atomic mass is 32.2. The molecule has 1 aliphatic carbocycles. The number of aliphatic carboxylic acids is 1. The Balaban J connectivity index is 1.74. The minimum atomic E-state index is -0.695. The molecule has 1 aromatic carbocycles. The Kier molecular flexibility index (Phi) is 5.56. The fourth-order valence-electron chi connectivity index (χ4n) is 3.21. The molecule has 4 nitrogen and oxygen atoms in total. The smallest absolute Gasteiger partial charge is 0.307 e. The van der Waals surface area contributed by atoms with Crippen molar-refractivity contribution in [2.75, 3.05) is 0 Å². The summed E-state index contributed by atoms with van der Waals surface area (Å²) in [7, 11) is 0. The summed E-state index contributed by atoms with van der Waals surface area (Å²) in [5, 5.41) is 10.6. The van der Waals surface area contributed by atoms with Crippen molar-refractivity contribution >= 4 is 17.7 Å². The van der Waals surface area contributed by atoms with E-state index in [1.165, 1.54) is 0 Å². The second-order valence-corrected chi connectivity index (χ2v) is 8.68. The monoisotopic (exact) mass is 371 g/mol. The average Bonchev–Trinajstić information content (AvgIpc) is 3.38. The van der Waals surface area contributed by atoms with Crippen molar-refractivity contribution in [2.45, 2.75) is 56.9 Å². The molecule has 1 saturated carbocycles. The molecular weight excluding hydrogens is 346 g/mol. The van der Waals surface area contributed by atoms with Gasteiger partial charge in [-0.2, -0.15) is 0 Å². The lowest BCUT2D eigenvalue weighted by Gasteiger charge is -2.16. The number of aromatic nitrogens is 1. The van der Waals surface area contributed by atoms with E-state index >= 15 is 0 Å². The van der Waals surface area contributed by atoms with E-state index in [2.05, 4.69) is 31.8 Å². The topological polar surface area (TPSA) is 59.4 Å². The summed E-state index contributed by atoms with van der Waals surface area (Å²) in [6.07, 6.45) is 2.55. The third-order valence-electron chi connectivity index (χ3n) is 4.87. The first-order valence-corrected chi connectivity index (χ1v) is 9.82. The van der Waals surface area contributed by atoms with Gasteiger partial charge < -0.3 is 9.84 Å². The van der Waals surface area contributed by atoms with E-state index in [0.29, 0.717) is 11.9 Å². The molecule has 2 atom stereocenters. The van der Waals surface area contributed by atoms with Crippen LogP contribution in [0.25, 0.3) is 0 Å². The van der Waals surface area contributed by atoms with Crippen molar-refractivity contribution < 1.29 is 14.6 Å². The van der Waals surface area contributed by atoms with E-state index in [9.17, 15) is 4.79 Å². The summed E-state index contributed by atoms with van der Waals surface area (Å²) >= 11 is 1.74. The number of carboxylic acid groups (broad SMARTS) is 1. The van der Waals surface area contributed by atoms with Gasteiger partial charge in [-0.15, -0.1) is 11.8 Å². The Hall–Kier alpha value is -2.01. The van der Waals surface area contributed by atoms with E-state index in [-0.39, 0.29) is 11.8 Å². The Bertz CT molecular complexity index is 819. The van der Waals surface area contributed by atoms with E-state index in [1.807, 2.05) is 31.3 Å². The third-order valence-corrected chi connectivity index (χ3v) is 5.93. The maximum atomic E-state index is 11.1. The summed E-state index contributed by atoms with van der Waals surface area (Å²) in [6, 6.07) is 7.98. The van der Waals surface area contributed by atoms with Gasteiger partial charge in [0.2, 0.25) is 0 Å². The highest BCUT2D eigenvalue weighted by molar-refractivity contribution is 7.99. The molecule has 0 bridgehead atoms. The van der Waals surface area contributed by atoms with Gasteiger partial charge in [-0.05, 0) is 55.0 Å². The Morgan fingerprint density at radius 3 is 2.73 bits per heavy atom. The molecule has 26 heavy (non-hydrogen) atoms. The zero-order valence-corrected chi connectivity index (χ0v) is 16.5. The number of ether oxygens (including phenoxy) is 1. The molecule has 0 spiro atoms. The standard InChI is InChI=1S/C21H25NO3S/c1-12(2)26-20-15(6-5-9-22-20)11-25-19-8-7-16(13(3)14(19)4)17-10-18(17)21(23)24/h5-9,12,17-18H,10-11H2,1-4H3,(H,23,24). The number of nitrogens with zero attached hydrogens (tertiary/aromatic N) is 1. The van der Waals surface area contributed by atoms with Crippen LogP contribution in [0.2, 0.25) is 0 Å². The highest BCUT2D eigenvalue weighted by Crippen LogP contribution is 2.49. The molecule has 1 N–H and O–H groups in total. The van der Waals surface area contributed by atoms with Crippen molar-refractivity contribution in [1.29, 1.82) is 0 Å². The summed E-state index contributed by atoms with van der Waals surface area (Å²) in [6.45, 7) is 8.87. The molecule has 5 heteroatoms. The second kappa shape index (κ2) is 7.70. The molecule has 2 unspecified atom stereocenters. The summed E-state index contributed by atoms with van der Waals surface area (Å²) in [5.41, 5.74) is 4.44. The summed E-state index contributed by atoms with van der Waals surface area (Å²) < 4.78 is 6.09. The maximum absolute atomic E-state index is 11.1. The van der Waals surface area contributed by atoms with Crippen LogP contribution in [0.3, 0.4) is 0 Å². The number of carboxylic acids is 1. The third kappa shape index (κ3) is 4.04. The minimum absolute atomic E-state index is 0.146. The molecule has 138 valence electrons. The molecule has 1 fully saturated rings. The van der Waals surface area contributed by atoms with Gasteiger partial charge in [-0.25, -0.2) is 4.98 Å². The molecule has 1 aliphatic rings. The van der Waals surface area contributed by atoms with Gasteiger partial charge in [-0.1, -0.05) is 26.0 Å². The predicted molar refractivity (Wildman–Crippen MR) is 104 cm³/mol. The van der Waals surface area contributed by atoms with Gasteiger partial charge in [0.25, 0.3) is 0 Å². The Morgan fingerprint density at radius 2 is 2.08 bits per heavy atom. The SMILES string of the molecule is Cc1c(OCc2cccnc2SC(C)C)ccc(C2CC2C(=O)O)c1C. The van der Waals surface area contributed by atoms with Crippen molar-refractivity contribution in [2.24, 2.45) is 5.92 Å². The first-order valence-electron chi connectivity index (χ1n) is 8.94. The Morgan fingerprint density at radius 1 is 1.31 bits per heavy atom. The number of hydrogen-bond donors (Lipinski definition) is 1. The summed E-state index contributed by atoms with van der Waals surface area (Å²) in [5.74, 6) is 0.0701. The number of benzene rings is 1. The number of pyridine rings is 1. The van der Waals surface area contributed by atoms with Crippen LogP contribution in [-0.2, 0) is 11.4 Å². The number of rotatable bonds is 7. The minimum Gasteiger partial charge on any atom is -0.489 e. The number of hydrogen-bond acceptors (Lipinski definition) is 4. The molecule has 2 aromatic rings. The normalized spacial score (nSPS) is 18.8. The predicted octanol–water partition coefficient (Wildman–Crippen LogP) is 4.97. The highest BCUT2D eigenvalue weighted by Gasteiger charge is 2.45. The average molecular weight is 372 g/mol. The van der Waals surface area contributed by atoms with Crippen LogP contribution in [0.5, 0.6) is 5.75 Å². The van der Waals surface area contributed by atoms with Crippen LogP contribution in [0.15, 0.2) is 35.5 Å². The number of thioether (sulfide) groups is 1. The van der Waals surface area contributed by atoms with Gasteiger partial charge in [0, 0.05) is 17.0 Å². The van der Waals surface area contributed by atoms with Crippen molar-refractivity contribution in [3.63, 3.8) is 0 Å². The largest absolute Gasteiger partial charge is 0.489 e. The van der Waals surface area contributed by atoms with E-state index < -0.39 is 5.97 Å². The van der Waals surface area contributed by atoms with Crippen LogP contribution in [0.4, 0.5) is 0 Å². The van der Waals surface area contributed by atoms with Crippen LogP contribution in [0, 0.1) is 19.8 Å². The zero-order valence-electron chi connectivity index (χ0n) is 15.7. The molecule has 3 rings (SSSR count). The fourth-order valence-corrected chi connectivity index (χ4v) is 4.05. The lowest BCUT2D eigenvalue weighted by molar-refractivity contribution is -0.138. The quantitative estimate of drug-likeness (QED) is 0.697. The van der Waals surface area contributed by atoms with Crippen molar-refractivity contribution in [1.82, 2.24) is 4.98 Å². The van der Waals surface area contributed by atoms with Gasteiger partial charge in [-0.3, -0.25) is 4.79 Å². The lowest BCUT2D eigenvalue weighted by Crippen LogP contribution is -2.04. The molecule has 1 aromatic heterocycles. The van der Waals surface area contributed by atoms with Gasteiger partial charge in [0.1, 0.15) is 17.4 Å². The summed E-state index contributed by atoms with van der Waals surface area (Å²) in [4.78, 5) is 15.6. The van der Waals surface area contributed by atoms with Crippen LogP contribution >= 0.6 is 11.8 Å².